The van der Waals surface area contributed by atoms with E-state index < -0.39 is 24.1 Å². The van der Waals surface area contributed by atoms with Crippen LogP contribution in [-0.2, 0) is 4.74 Å². The third-order valence-electron chi connectivity index (χ3n) is 2.90. The van der Waals surface area contributed by atoms with Crippen LogP contribution in [-0.4, -0.2) is 12.2 Å². The van der Waals surface area contributed by atoms with Crippen LogP contribution in [0, 0.1) is 11.8 Å². The quantitative estimate of drug-likeness (QED) is 0.543. The van der Waals surface area contributed by atoms with E-state index in [1.807, 2.05) is 0 Å². The summed E-state index contributed by atoms with van der Waals surface area (Å²) in [6.07, 6.45) is -5.78. The second kappa shape index (κ2) is 2.59. The van der Waals surface area contributed by atoms with Gasteiger partial charge in [0.05, 0.1) is 11.8 Å². The predicted molar refractivity (Wildman–Crippen MR) is 36.4 cm³/mol. The van der Waals surface area contributed by atoms with E-state index in [0.29, 0.717) is 12.8 Å². The minimum atomic E-state index is -3.63. The highest BCUT2D eigenvalue weighted by molar-refractivity contribution is 4.92. The Balaban J connectivity index is 2.25. The Morgan fingerprint density at radius 3 is 1.62 bits per heavy atom. The van der Waals surface area contributed by atoms with E-state index in [9.17, 15) is 17.6 Å². The van der Waals surface area contributed by atoms with Gasteiger partial charge in [0.2, 0.25) is 0 Å². The molecule has 0 aromatic carbocycles. The predicted octanol–water partition coefficient (Wildman–Crippen LogP) is 3.01. The van der Waals surface area contributed by atoms with Crippen LogP contribution < -0.4 is 0 Å². The number of hydrogen-bond acceptors (Lipinski definition) is 1. The van der Waals surface area contributed by atoms with E-state index in [4.69, 9.17) is 0 Å². The molecular weight excluding hydrogens is 188 g/mol. The highest BCUT2D eigenvalue weighted by Crippen LogP contribution is 2.55. The Morgan fingerprint density at radius 1 is 0.846 bits per heavy atom. The topological polar surface area (TPSA) is 9.23 Å². The second-order valence-electron chi connectivity index (χ2n) is 3.72. The molecule has 1 saturated heterocycles. The van der Waals surface area contributed by atoms with Gasteiger partial charge in [0.25, 0.3) is 0 Å². The highest BCUT2D eigenvalue weighted by atomic mass is 19.3. The summed E-state index contributed by atoms with van der Waals surface area (Å²) in [7, 11) is 0. The zero-order valence-electron chi connectivity index (χ0n) is 6.90. The second-order valence-corrected chi connectivity index (χ2v) is 3.72. The average Bonchev–Trinajstić information content (AvgIpc) is 2.20. The van der Waals surface area contributed by atoms with Crippen molar-refractivity contribution in [3.05, 3.63) is 0 Å². The molecule has 1 aliphatic carbocycles. The van der Waals surface area contributed by atoms with Gasteiger partial charge < -0.3 is 0 Å². The summed E-state index contributed by atoms with van der Waals surface area (Å²) in [6.45, 7) is 0. The Kier molecular flexibility index (Phi) is 1.84. The molecule has 0 spiro atoms. The van der Waals surface area contributed by atoms with Crippen molar-refractivity contribution in [3.63, 3.8) is 0 Å². The lowest BCUT2D eigenvalue weighted by atomic mass is 9.80. The maximum atomic E-state index is 12.9. The number of fused-ring (bicyclic) bond motifs is 1. The summed E-state index contributed by atoms with van der Waals surface area (Å²) >= 11 is 0. The fraction of sp³-hybridized carbons (Fsp3) is 1.00. The Bertz CT molecular complexity index is 194. The lowest BCUT2D eigenvalue weighted by Gasteiger charge is -2.26. The number of hydrogen-bond donors (Lipinski definition) is 0. The van der Waals surface area contributed by atoms with Gasteiger partial charge in [-0.05, 0) is 12.8 Å². The van der Waals surface area contributed by atoms with Gasteiger partial charge in [0.15, 0.2) is 0 Å². The number of ether oxygens (including phenoxy) is 1. The van der Waals surface area contributed by atoms with Gasteiger partial charge in [-0.3, -0.25) is 4.74 Å². The fourth-order valence-electron chi connectivity index (χ4n) is 2.27. The van der Waals surface area contributed by atoms with Gasteiger partial charge in [-0.25, -0.2) is 0 Å². The first-order chi connectivity index (χ1) is 5.93. The van der Waals surface area contributed by atoms with Crippen LogP contribution in [0.3, 0.4) is 0 Å². The van der Waals surface area contributed by atoms with E-state index in [2.05, 4.69) is 4.74 Å². The van der Waals surface area contributed by atoms with Crippen LogP contribution in [0.5, 0.6) is 0 Å². The fourth-order valence-corrected chi connectivity index (χ4v) is 2.27. The Labute approximate surface area is 73.1 Å². The molecule has 0 amide bonds. The van der Waals surface area contributed by atoms with Crippen molar-refractivity contribution >= 4 is 0 Å². The SMILES string of the molecule is FC1(F)OC(F)(F)[C@@H]2CCCC[C@H]21. The highest BCUT2D eigenvalue weighted by Gasteiger charge is 2.66. The third-order valence-corrected chi connectivity index (χ3v) is 2.90. The molecule has 1 saturated carbocycles. The van der Waals surface area contributed by atoms with E-state index >= 15 is 0 Å². The molecule has 2 fully saturated rings. The van der Waals surface area contributed by atoms with Gasteiger partial charge in [-0.2, -0.15) is 17.6 Å². The Morgan fingerprint density at radius 2 is 1.23 bits per heavy atom. The van der Waals surface area contributed by atoms with Crippen molar-refractivity contribution in [2.24, 2.45) is 11.8 Å². The summed E-state index contributed by atoms with van der Waals surface area (Å²) in [5, 5.41) is 0. The molecule has 0 bridgehead atoms. The molecule has 0 aromatic heterocycles. The van der Waals surface area contributed by atoms with Gasteiger partial charge in [-0.1, -0.05) is 12.8 Å². The van der Waals surface area contributed by atoms with Crippen molar-refractivity contribution in [1.82, 2.24) is 0 Å². The van der Waals surface area contributed by atoms with E-state index in [1.54, 1.807) is 0 Å². The number of rotatable bonds is 0. The van der Waals surface area contributed by atoms with Crippen LogP contribution >= 0.6 is 0 Å². The summed E-state index contributed by atoms with van der Waals surface area (Å²) < 4.78 is 55.0. The lowest BCUT2D eigenvalue weighted by Crippen LogP contribution is -2.30. The molecule has 1 heterocycles. The van der Waals surface area contributed by atoms with E-state index in [0.717, 1.165) is 0 Å². The first-order valence-electron chi connectivity index (χ1n) is 4.39. The van der Waals surface area contributed by atoms with Crippen molar-refractivity contribution in [2.45, 2.75) is 37.9 Å². The maximum absolute atomic E-state index is 12.9. The molecule has 0 aromatic rings. The maximum Gasteiger partial charge on any atom is 0.363 e. The van der Waals surface area contributed by atoms with Gasteiger partial charge >= 0.3 is 12.2 Å². The van der Waals surface area contributed by atoms with E-state index in [-0.39, 0.29) is 12.8 Å². The monoisotopic (exact) mass is 198 g/mol. The normalized spacial score (nSPS) is 41.5. The lowest BCUT2D eigenvalue weighted by molar-refractivity contribution is -0.341. The standard InChI is InChI=1S/C8H10F4O/c9-7(10)5-3-1-2-4-6(5)8(11,12)13-7/h5-6H,1-4H2/t5-,6-/m1/s1. The smallest absolute Gasteiger partial charge is 0.255 e. The Hall–Kier alpha value is -0.320. The number of alkyl halides is 4. The molecule has 1 aliphatic heterocycles. The molecule has 76 valence electrons. The molecule has 2 rings (SSSR count). The van der Waals surface area contributed by atoms with Gasteiger partial charge in [0, 0.05) is 0 Å². The molecule has 2 aliphatic rings. The summed E-state index contributed by atoms with van der Waals surface area (Å²) in [5.74, 6) is -2.56. The van der Waals surface area contributed by atoms with Gasteiger partial charge in [-0.15, -0.1) is 0 Å². The van der Waals surface area contributed by atoms with Crippen LogP contribution in [0.25, 0.3) is 0 Å². The summed E-state index contributed by atoms with van der Waals surface area (Å²) in [4.78, 5) is 0. The molecule has 1 nitrogen and oxygen atoms in total. The zero-order valence-corrected chi connectivity index (χ0v) is 6.90. The van der Waals surface area contributed by atoms with Crippen molar-refractivity contribution in [1.29, 1.82) is 0 Å². The number of halogens is 4. The largest absolute Gasteiger partial charge is 0.363 e. The minimum absolute atomic E-state index is 0.146. The minimum Gasteiger partial charge on any atom is -0.255 e. The first-order valence-corrected chi connectivity index (χ1v) is 4.39. The van der Waals surface area contributed by atoms with Crippen molar-refractivity contribution in [3.8, 4) is 0 Å². The van der Waals surface area contributed by atoms with Crippen molar-refractivity contribution < 1.29 is 22.3 Å². The molecule has 2 atom stereocenters. The van der Waals surface area contributed by atoms with E-state index in [1.165, 1.54) is 0 Å². The van der Waals surface area contributed by atoms with Crippen LogP contribution in [0.15, 0.2) is 0 Å². The first kappa shape index (κ1) is 9.24. The summed E-state index contributed by atoms with van der Waals surface area (Å²) in [6, 6.07) is 0. The molecule has 0 N–H and O–H groups in total. The third kappa shape index (κ3) is 1.33. The average molecular weight is 198 g/mol. The molecule has 0 unspecified atom stereocenters. The van der Waals surface area contributed by atoms with Gasteiger partial charge in [0.1, 0.15) is 0 Å². The van der Waals surface area contributed by atoms with Crippen molar-refractivity contribution in [2.75, 3.05) is 0 Å². The van der Waals surface area contributed by atoms with Crippen LogP contribution in [0.1, 0.15) is 25.7 Å². The summed E-state index contributed by atoms with van der Waals surface area (Å²) in [5.41, 5.74) is 0. The van der Waals surface area contributed by atoms with Crippen LogP contribution in [0.4, 0.5) is 17.6 Å². The molecular formula is C8H10F4O. The molecule has 0 radical (unpaired) electrons. The van der Waals surface area contributed by atoms with Crippen LogP contribution in [0.2, 0.25) is 0 Å². The molecule has 5 heteroatoms. The zero-order chi connectivity index (χ0) is 9.69. The molecule has 13 heavy (non-hydrogen) atoms.